The number of hydrogen-bond donors (Lipinski definition) is 1. The summed E-state index contributed by atoms with van der Waals surface area (Å²) < 4.78 is 6.98. The Morgan fingerprint density at radius 1 is 1.62 bits per heavy atom. The number of nitrogens with zero attached hydrogens (tertiary/aromatic N) is 2. The molecule has 0 spiro atoms. The lowest BCUT2D eigenvalue weighted by atomic mass is 10.2. The molecule has 0 unspecified atom stereocenters. The van der Waals surface area contributed by atoms with E-state index in [4.69, 9.17) is 4.74 Å². The smallest absolute Gasteiger partial charge is 0.246 e. The number of aromatic nitrogens is 2. The average Bonchev–Trinajstić information content (AvgIpc) is 2.54. The van der Waals surface area contributed by atoms with Gasteiger partial charge in [-0.25, -0.2) is 0 Å². The number of hydrogen-bond acceptors (Lipinski definition) is 3. The van der Waals surface area contributed by atoms with Gasteiger partial charge in [-0.1, -0.05) is 0 Å². The van der Waals surface area contributed by atoms with Crippen LogP contribution in [0.1, 0.15) is 25.1 Å². The molecule has 5 nitrogen and oxygen atoms in total. The Morgan fingerprint density at radius 3 is 2.81 bits per heavy atom. The number of amides is 1. The summed E-state index contributed by atoms with van der Waals surface area (Å²) >= 11 is 0. The van der Waals surface area contributed by atoms with Crippen molar-refractivity contribution in [1.82, 2.24) is 15.1 Å². The zero-order valence-electron chi connectivity index (χ0n) is 10.3. The molecule has 1 amide bonds. The number of rotatable bonds is 5. The van der Waals surface area contributed by atoms with Crippen LogP contribution >= 0.6 is 0 Å². The van der Waals surface area contributed by atoms with E-state index in [9.17, 15) is 4.79 Å². The first-order valence-electron chi connectivity index (χ1n) is 5.36. The first-order valence-corrected chi connectivity index (χ1v) is 5.36. The lowest BCUT2D eigenvalue weighted by Gasteiger charge is -2.08. The Morgan fingerprint density at radius 2 is 2.31 bits per heavy atom. The Labute approximate surface area is 95.8 Å². The summed E-state index contributed by atoms with van der Waals surface area (Å²) in [6.45, 7) is 6.38. The fourth-order valence-corrected chi connectivity index (χ4v) is 1.20. The molecule has 0 aliphatic carbocycles. The lowest BCUT2D eigenvalue weighted by Crippen LogP contribution is -2.28. The van der Waals surface area contributed by atoms with Crippen LogP contribution in [-0.2, 0) is 23.1 Å². The molecule has 0 radical (unpaired) electrons. The molecule has 0 aliphatic heterocycles. The Balaban J connectivity index is 2.34. The maximum atomic E-state index is 11.4. The number of nitrogens with one attached hydrogen (secondary N) is 1. The van der Waals surface area contributed by atoms with E-state index in [1.54, 1.807) is 10.9 Å². The van der Waals surface area contributed by atoms with Crippen LogP contribution in [0.3, 0.4) is 0 Å². The van der Waals surface area contributed by atoms with Crippen molar-refractivity contribution < 1.29 is 9.53 Å². The van der Waals surface area contributed by atoms with Crippen LogP contribution in [0.25, 0.3) is 0 Å². The SMILES string of the molecule is Cc1c(CNC(=O)COC(C)C)cnn1C. The zero-order chi connectivity index (χ0) is 12.1. The van der Waals surface area contributed by atoms with Crippen molar-refractivity contribution in [2.45, 2.75) is 33.4 Å². The van der Waals surface area contributed by atoms with Gasteiger partial charge in [-0.2, -0.15) is 5.10 Å². The van der Waals surface area contributed by atoms with Crippen molar-refractivity contribution in [3.05, 3.63) is 17.5 Å². The summed E-state index contributed by atoms with van der Waals surface area (Å²) in [7, 11) is 1.88. The monoisotopic (exact) mass is 225 g/mol. The van der Waals surface area contributed by atoms with Gasteiger partial charge in [0, 0.05) is 24.8 Å². The van der Waals surface area contributed by atoms with E-state index in [0.29, 0.717) is 6.54 Å². The molecule has 16 heavy (non-hydrogen) atoms. The van der Waals surface area contributed by atoms with Gasteiger partial charge in [-0.15, -0.1) is 0 Å². The minimum absolute atomic E-state index is 0.0749. The largest absolute Gasteiger partial charge is 0.369 e. The van der Waals surface area contributed by atoms with Crippen LogP contribution in [0.5, 0.6) is 0 Å². The maximum absolute atomic E-state index is 11.4. The van der Waals surface area contributed by atoms with Crippen LogP contribution in [0.2, 0.25) is 0 Å². The van der Waals surface area contributed by atoms with E-state index in [1.165, 1.54) is 0 Å². The quantitative estimate of drug-likeness (QED) is 0.805. The van der Waals surface area contributed by atoms with Gasteiger partial charge in [0.2, 0.25) is 5.91 Å². The molecule has 5 heteroatoms. The number of carbonyl (C=O) groups is 1. The molecule has 0 atom stereocenters. The molecule has 0 bridgehead atoms. The van der Waals surface area contributed by atoms with Crippen LogP contribution in [0, 0.1) is 6.92 Å². The van der Waals surface area contributed by atoms with Gasteiger partial charge in [0.15, 0.2) is 0 Å². The van der Waals surface area contributed by atoms with Gasteiger partial charge in [-0.05, 0) is 20.8 Å². The normalized spacial score (nSPS) is 10.8. The highest BCUT2D eigenvalue weighted by Gasteiger charge is 2.06. The fraction of sp³-hybridized carbons (Fsp3) is 0.636. The minimum atomic E-state index is -0.100. The summed E-state index contributed by atoms with van der Waals surface area (Å²) in [5.74, 6) is -0.100. The molecule has 1 aromatic rings. The predicted molar refractivity (Wildman–Crippen MR) is 60.9 cm³/mol. The van der Waals surface area contributed by atoms with Crippen molar-refractivity contribution in [3.63, 3.8) is 0 Å². The summed E-state index contributed by atoms with van der Waals surface area (Å²) in [5.41, 5.74) is 2.09. The second kappa shape index (κ2) is 5.65. The molecule has 0 aliphatic rings. The molecular weight excluding hydrogens is 206 g/mol. The lowest BCUT2D eigenvalue weighted by molar-refractivity contribution is -0.127. The highest BCUT2D eigenvalue weighted by atomic mass is 16.5. The first-order chi connectivity index (χ1) is 7.50. The van der Waals surface area contributed by atoms with Gasteiger partial charge < -0.3 is 10.1 Å². The van der Waals surface area contributed by atoms with Crippen molar-refractivity contribution >= 4 is 5.91 Å². The third-order valence-electron chi connectivity index (χ3n) is 2.36. The first kappa shape index (κ1) is 12.7. The molecule has 0 aromatic carbocycles. The number of ether oxygens (including phenoxy) is 1. The topological polar surface area (TPSA) is 56.1 Å². The fourth-order valence-electron chi connectivity index (χ4n) is 1.20. The minimum Gasteiger partial charge on any atom is -0.369 e. The maximum Gasteiger partial charge on any atom is 0.246 e. The third kappa shape index (κ3) is 3.66. The summed E-state index contributed by atoms with van der Waals surface area (Å²) in [5, 5.41) is 6.89. The highest BCUT2D eigenvalue weighted by Crippen LogP contribution is 2.04. The van der Waals surface area contributed by atoms with Crippen molar-refractivity contribution in [3.8, 4) is 0 Å². The van der Waals surface area contributed by atoms with Crippen molar-refractivity contribution in [1.29, 1.82) is 0 Å². The van der Waals surface area contributed by atoms with E-state index < -0.39 is 0 Å². The summed E-state index contributed by atoms with van der Waals surface area (Å²) in [4.78, 5) is 11.4. The van der Waals surface area contributed by atoms with Gasteiger partial charge in [0.05, 0.1) is 12.3 Å². The van der Waals surface area contributed by atoms with Gasteiger partial charge in [0.1, 0.15) is 6.61 Å². The molecule has 90 valence electrons. The van der Waals surface area contributed by atoms with Gasteiger partial charge in [0.25, 0.3) is 0 Å². The molecule has 0 saturated heterocycles. The molecule has 1 N–H and O–H groups in total. The van der Waals surface area contributed by atoms with Crippen LogP contribution in [0.4, 0.5) is 0 Å². The Kier molecular flexibility index (Phi) is 4.49. The standard InChI is InChI=1S/C11H19N3O2/c1-8(2)16-7-11(15)12-5-10-6-13-14(4)9(10)3/h6,8H,5,7H2,1-4H3,(H,12,15). The van der Waals surface area contributed by atoms with Crippen molar-refractivity contribution in [2.75, 3.05) is 6.61 Å². The van der Waals surface area contributed by atoms with E-state index in [0.717, 1.165) is 11.3 Å². The molecule has 1 rings (SSSR count). The second-order valence-corrected chi connectivity index (χ2v) is 4.02. The number of aryl methyl sites for hydroxylation is 1. The molecular formula is C11H19N3O2. The Hall–Kier alpha value is -1.36. The van der Waals surface area contributed by atoms with Crippen molar-refractivity contribution in [2.24, 2.45) is 7.05 Å². The summed E-state index contributed by atoms with van der Waals surface area (Å²) in [6, 6.07) is 0. The number of carbonyl (C=O) groups excluding carboxylic acids is 1. The zero-order valence-corrected chi connectivity index (χ0v) is 10.3. The third-order valence-corrected chi connectivity index (χ3v) is 2.36. The summed E-state index contributed by atoms with van der Waals surface area (Å²) in [6.07, 6.45) is 1.84. The van der Waals surface area contributed by atoms with Gasteiger partial charge >= 0.3 is 0 Å². The molecule has 0 fully saturated rings. The van der Waals surface area contributed by atoms with Crippen LogP contribution in [0.15, 0.2) is 6.20 Å². The van der Waals surface area contributed by atoms with Crippen LogP contribution < -0.4 is 5.32 Å². The molecule has 1 heterocycles. The highest BCUT2D eigenvalue weighted by molar-refractivity contribution is 5.77. The molecule has 0 saturated carbocycles. The molecule has 1 aromatic heterocycles. The van der Waals surface area contributed by atoms with E-state index in [-0.39, 0.29) is 18.6 Å². The van der Waals surface area contributed by atoms with Gasteiger partial charge in [-0.3, -0.25) is 9.48 Å². The Bertz CT molecular complexity index is 358. The average molecular weight is 225 g/mol. The second-order valence-electron chi connectivity index (χ2n) is 4.02. The van der Waals surface area contributed by atoms with E-state index in [2.05, 4.69) is 10.4 Å². The predicted octanol–water partition coefficient (Wildman–Crippen LogP) is 0.770. The van der Waals surface area contributed by atoms with E-state index in [1.807, 2.05) is 27.8 Å². The van der Waals surface area contributed by atoms with Crippen LogP contribution in [-0.4, -0.2) is 28.4 Å². The van der Waals surface area contributed by atoms with E-state index >= 15 is 0 Å².